The van der Waals surface area contributed by atoms with Gasteiger partial charge in [-0.3, -0.25) is 0 Å². The van der Waals surface area contributed by atoms with Crippen LogP contribution in [0.2, 0.25) is 0 Å². The van der Waals surface area contributed by atoms with Crippen LogP contribution in [0.15, 0.2) is 6.33 Å². The zero-order valence-electron chi connectivity index (χ0n) is 9.66. The largest absolute Gasteiger partial charge is 0.336 e. The summed E-state index contributed by atoms with van der Waals surface area (Å²) in [6, 6.07) is 0.363. The predicted molar refractivity (Wildman–Crippen MR) is 62.1 cm³/mol. The van der Waals surface area contributed by atoms with Crippen LogP contribution < -0.4 is 16.4 Å². The van der Waals surface area contributed by atoms with E-state index in [0.717, 1.165) is 25.9 Å². The first-order valence-electron chi connectivity index (χ1n) is 5.94. The molecule has 0 amide bonds. The van der Waals surface area contributed by atoms with Crippen molar-refractivity contribution in [3.8, 4) is 0 Å². The van der Waals surface area contributed by atoms with E-state index < -0.39 is 0 Å². The standard InChI is InChI=1S/C11H19N5/c1-16-7-14-9-4-8(5-12)15-11(10(9)16)2-3-13-6-11/h7-8,13,15H,2-6,12H2,1H3. The van der Waals surface area contributed by atoms with Crippen molar-refractivity contribution in [3.05, 3.63) is 17.7 Å². The van der Waals surface area contributed by atoms with E-state index in [-0.39, 0.29) is 5.54 Å². The maximum atomic E-state index is 5.80. The Bertz CT molecular complexity index is 391. The van der Waals surface area contributed by atoms with Crippen molar-refractivity contribution in [2.75, 3.05) is 19.6 Å². The zero-order valence-corrected chi connectivity index (χ0v) is 9.66. The summed E-state index contributed by atoms with van der Waals surface area (Å²) in [5, 5.41) is 7.15. The van der Waals surface area contributed by atoms with E-state index in [9.17, 15) is 0 Å². The molecule has 2 aliphatic rings. The van der Waals surface area contributed by atoms with E-state index in [2.05, 4.69) is 27.2 Å². The minimum absolute atomic E-state index is 0.0584. The molecule has 2 unspecified atom stereocenters. The molecule has 0 bridgehead atoms. The van der Waals surface area contributed by atoms with Gasteiger partial charge >= 0.3 is 0 Å². The number of rotatable bonds is 1. The average molecular weight is 221 g/mol. The van der Waals surface area contributed by atoms with Gasteiger partial charge in [0.15, 0.2) is 0 Å². The Balaban J connectivity index is 2.07. The molecule has 1 aromatic heterocycles. The molecule has 1 saturated heterocycles. The number of nitrogens with one attached hydrogen (secondary N) is 2. The molecule has 16 heavy (non-hydrogen) atoms. The molecule has 1 aromatic rings. The summed E-state index contributed by atoms with van der Waals surface area (Å²) in [6.45, 7) is 2.72. The van der Waals surface area contributed by atoms with E-state index in [4.69, 9.17) is 5.73 Å². The number of aromatic nitrogens is 2. The van der Waals surface area contributed by atoms with Gasteiger partial charge in [-0.2, -0.15) is 0 Å². The highest BCUT2D eigenvalue weighted by molar-refractivity contribution is 5.30. The second-order valence-corrected chi connectivity index (χ2v) is 4.94. The van der Waals surface area contributed by atoms with Crippen LogP contribution in [0.4, 0.5) is 0 Å². The zero-order chi connectivity index (χ0) is 11.2. The maximum Gasteiger partial charge on any atom is 0.0949 e. The monoisotopic (exact) mass is 221 g/mol. The maximum absolute atomic E-state index is 5.80. The lowest BCUT2D eigenvalue weighted by atomic mass is 9.85. The number of hydrogen-bond donors (Lipinski definition) is 3. The molecule has 5 heteroatoms. The molecule has 0 radical (unpaired) electrons. The molecule has 5 nitrogen and oxygen atoms in total. The summed E-state index contributed by atoms with van der Waals surface area (Å²) in [5.41, 5.74) is 8.43. The van der Waals surface area contributed by atoms with E-state index in [1.165, 1.54) is 11.4 Å². The van der Waals surface area contributed by atoms with Crippen molar-refractivity contribution < 1.29 is 0 Å². The number of imidazole rings is 1. The molecule has 0 aliphatic carbocycles. The second kappa shape index (κ2) is 3.55. The van der Waals surface area contributed by atoms with E-state index in [1.807, 2.05) is 6.33 Å². The Morgan fingerprint density at radius 3 is 3.25 bits per heavy atom. The third kappa shape index (κ3) is 1.32. The highest BCUT2D eigenvalue weighted by Gasteiger charge is 2.44. The Morgan fingerprint density at radius 1 is 1.69 bits per heavy atom. The summed E-state index contributed by atoms with van der Waals surface area (Å²) < 4.78 is 2.15. The summed E-state index contributed by atoms with van der Waals surface area (Å²) in [4.78, 5) is 4.51. The molecule has 2 atom stereocenters. The van der Waals surface area contributed by atoms with Crippen LogP contribution in [0.25, 0.3) is 0 Å². The fraction of sp³-hybridized carbons (Fsp3) is 0.727. The summed E-state index contributed by atoms with van der Waals surface area (Å²) in [5.74, 6) is 0. The number of aryl methyl sites for hydroxylation is 1. The predicted octanol–water partition coefficient (Wildman–Crippen LogP) is -0.918. The normalized spacial score (nSPS) is 33.2. The van der Waals surface area contributed by atoms with Crippen LogP contribution in [0, 0.1) is 0 Å². The lowest BCUT2D eigenvalue weighted by molar-refractivity contribution is 0.274. The van der Waals surface area contributed by atoms with Crippen molar-refractivity contribution in [1.82, 2.24) is 20.2 Å². The quantitative estimate of drug-likeness (QED) is 0.574. The van der Waals surface area contributed by atoms with Gasteiger partial charge in [-0.1, -0.05) is 0 Å². The minimum atomic E-state index is 0.0584. The van der Waals surface area contributed by atoms with Crippen molar-refractivity contribution in [3.63, 3.8) is 0 Å². The fourth-order valence-electron chi connectivity index (χ4n) is 3.14. The molecule has 1 fully saturated rings. The van der Waals surface area contributed by atoms with Crippen LogP contribution >= 0.6 is 0 Å². The Labute approximate surface area is 95.4 Å². The highest BCUT2D eigenvalue weighted by Crippen LogP contribution is 2.34. The van der Waals surface area contributed by atoms with Crippen LogP contribution in [-0.4, -0.2) is 35.2 Å². The average Bonchev–Trinajstić information content (AvgIpc) is 2.87. The molecule has 4 N–H and O–H groups in total. The first-order chi connectivity index (χ1) is 7.75. The second-order valence-electron chi connectivity index (χ2n) is 4.94. The van der Waals surface area contributed by atoms with Gasteiger partial charge in [0.1, 0.15) is 0 Å². The lowest BCUT2D eigenvalue weighted by Crippen LogP contribution is -2.57. The van der Waals surface area contributed by atoms with Gasteiger partial charge in [0, 0.05) is 32.6 Å². The van der Waals surface area contributed by atoms with Crippen molar-refractivity contribution >= 4 is 0 Å². The highest BCUT2D eigenvalue weighted by atomic mass is 15.2. The van der Waals surface area contributed by atoms with Crippen molar-refractivity contribution in [2.45, 2.75) is 24.4 Å². The van der Waals surface area contributed by atoms with Gasteiger partial charge in [-0.15, -0.1) is 0 Å². The van der Waals surface area contributed by atoms with Crippen molar-refractivity contribution in [1.29, 1.82) is 0 Å². The van der Waals surface area contributed by atoms with Gasteiger partial charge in [-0.05, 0) is 13.0 Å². The molecular formula is C11H19N5. The van der Waals surface area contributed by atoms with E-state index >= 15 is 0 Å². The fourth-order valence-corrected chi connectivity index (χ4v) is 3.14. The molecule has 1 spiro atoms. The molecule has 3 heterocycles. The third-order valence-corrected chi connectivity index (χ3v) is 3.83. The summed E-state index contributed by atoms with van der Waals surface area (Å²) in [7, 11) is 2.08. The molecule has 88 valence electrons. The van der Waals surface area contributed by atoms with Gasteiger partial charge in [0.05, 0.1) is 23.3 Å². The topological polar surface area (TPSA) is 67.9 Å². The van der Waals surface area contributed by atoms with Crippen molar-refractivity contribution in [2.24, 2.45) is 12.8 Å². The number of hydrogen-bond acceptors (Lipinski definition) is 4. The number of nitrogens with two attached hydrogens (primary N) is 1. The van der Waals surface area contributed by atoms with Gasteiger partial charge in [0.2, 0.25) is 0 Å². The third-order valence-electron chi connectivity index (χ3n) is 3.83. The van der Waals surface area contributed by atoms with E-state index in [1.54, 1.807) is 0 Å². The van der Waals surface area contributed by atoms with Gasteiger partial charge in [-0.25, -0.2) is 4.98 Å². The SMILES string of the molecule is Cn1cnc2c1C1(CCNC1)NC(CN)C2. The molecule has 3 rings (SSSR count). The molecular weight excluding hydrogens is 202 g/mol. The van der Waals surface area contributed by atoms with E-state index in [0.29, 0.717) is 12.6 Å². The smallest absolute Gasteiger partial charge is 0.0949 e. The van der Waals surface area contributed by atoms with Crippen LogP contribution in [-0.2, 0) is 19.0 Å². The summed E-state index contributed by atoms with van der Waals surface area (Å²) >= 11 is 0. The van der Waals surface area contributed by atoms with Crippen LogP contribution in [0.5, 0.6) is 0 Å². The molecule has 2 aliphatic heterocycles. The van der Waals surface area contributed by atoms with Crippen LogP contribution in [0.1, 0.15) is 17.8 Å². The lowest BCUT2D eigenvalue weighted by Gasteiger charge is -2.39. The molecule has 0 saturated carbocycles. The van der Waals surface area contributed by atoms with Gasteiger partial charge < -0.3 is 20.9 Å². The first kappa shape index (κ1) is 10.3. The molecule has 0 aromatic carbocycles. The number of fused-ring (bicyclic) bond motifs is 2. The summed E-state index contributed by atoms with van der Waals surface area (Å²) in [6.07, 6.45) is 4.00. The van der Waals surface area contributed by atoms with Crippen LogP contribution in [0.3, 0.4) is 0 Å². The Kier molecular flexibility index (Phi) is 2.27. The first-order valence-corrected chi connectivity index (χ1v) is 5.94. The number of nitrogens with zero attached hydrogens (tertiary/aromatic N) is 2. The van der Waals surface area contributed by atoms with Gasteiger partial charge in [0.25, 0.3) is 0 Å². The minimum Gasteiger partial charge on any atom is -0.336 e. The Morgan fingerprint density at radius 2 is 2.56 bits per heavy atom. The Hall–Kier alpha value is -0.910.